The highest BCUT2D eigenvalue weighted by atomic mass is 32.4. The predicted octanol–water partition coefficient (Wildman–Crippen LogP) is 1.02. The maximum Gasteiger partial charge on any atom is 0.0707 e. The zero-order chi connectivity index (χ0) is 7.12. The van der Waals surface area contributed by atoms with E-state index in [0.29, 0.717) is 16.0 Å². The molecule has 4 N–H and O–H groups in total. The summed E-state index contributed by atoms with van der Waals surface area (Å²) in [5.41, 5.74) is 5.42. The minimum Gasteiger partial charge on any atom is -0.323 e. The van der Waals surface area contributed by atoms with Gasteiger partial charge in [-0.1, -0.05) is 0 Å². The Hall–Kier alpha value is 0.580. The van der Waals surface area contributed by atoms with Crippen molar-refractivity contribution in [2.24, 2.45) is 5.73 Å². The molecule has 1 rings (SSSR count). The number of hydrogen-bond donors (Lipinski definition) is 3. The maximum absolute atomic E-state index is 8.98. The Morgan fingerprint density at radius 2 is 1.89 bits per heavy atom. The molecule has 1 heterocycles. The molecule has 0 bridgehead atoms. The summed E-state index contributed by atoms with van der Waals surface area (Å²) in [6, 6.07) is 0. The molecule has 0 unspecified atom stereocenters. The van der Waals surface area contributed by atoms with Gasteiger partial charge in [0.05, 0.1) is 10.2 Å². The van der Waals surface area contributed by atoms with Crippen LogP contribution in [0, 0.1) is 0 Å². The highest BCUT2D eigenvalue weighted by molar-refractivity contribution is 8.58. The third-order valence-electron chi connectivity index (χ3n) is 1.35. The Morgan fingerprint density at radius 3 is 2.00 bits per heavy atom. The Bertz CT molecular complexity index is 120. The van der Waals surface area contributed by atoms with Gasteiger partial charge in [-0.3, -0.25) is 9.11 Å². The van der Waals surface area contributed by atoms with Crippen molar-refractivity contribution in [1.82, 2.24) is 0 Å². The average molecular weight is 171 g/mol. The van der Waals surface area contributed by atoms with E-state index in [2.05, 4.69) is 6.26 Å². The fourth-order valence-electron chi connectivity index (χ4n) is 0.973. The van der Waals surface area contributed by atoms with Crippen LogP contribution in [0.3, 0.4) is 0 Å². The smallest absolute Gasteiger partial charge is 0.0707 e. The number of hydrogen-bond acceptors (Lipinski definition) is 3. The highest BCUT2D eigenvalue weighted by Gasteiger charge is 2.38. The molecule has 0 amide bonds. The Labute approximate surface area is 58.3 Å². The summed E-state index contributed by atoms with van der Waals surface area (Å²) in [6.45, 7) is 0. The first-order valence-corrected chi connectivity index (χ1v) is 7.06. The van der Waals surface area contributed by atoms with Gasteiger partial charge in [0.1, 0.15) is 0 Å². The summed E-state index contributed by atoms with van der Waals surface area (Å²) in [5, 5.41) is 1.16. The van der Waals surface area contributed by atoms with E-state index in [0.717, 1.165) is 0 Å². The molecule has 0 aromatic carbocycles. The van der Waals surface area contributed by atoms with Crippen molar-refractivity contribution in [3.63, 3.8) is 0 Å². The monoisotopic (exact) mass is 171 g/mol. The fraction of sp³-hybridized carbons (Fsp3) is 1.00. The van der Waals surface area contributed by atoms with Gasteiger partial charge in [0, 0.05) is 5.88 Å². The van der Waals surface area contributed by atoms with Gasteiger partial charge in [-0.2, -0.15) is 20.6 Å². The predicted molar refractivity (Wildman–Crippen MR) is 45.2 cm³/mol. The van der Waals surface area contributed by atoms with Gasteiger partial charge in [-0.25, -0.2) is 0 Å². The van der Waals surface area contributed by atoms with E-state index in [4.69, 9.17) is 14.8 Å². The Kier molecular flexibility index (Phi) is 1.73. The van der Waals surface area contributed by atoms with E-state index in [-0.39, 0.29) is 0 Å². The van der Waals surface area contributed by atoms with Gasteiger partial charge in [0.25, 0.3) is 0 Å². The van der Waals surface area contributed by atoms with Gasteiger partial charge in [0.15, 0.2) is 0 Å². The molecule has 0 aliphatic carbocycles. The second kappa shape index (κ2) is 2.03. The van der Waals surface area contributed by atoms with Crippen molar-refractivity contribution < 1.29 is 9.11 Å². The number of nitrogens with two attached hydrogens (primary N) is 1. The van der Waals surface area contributed by atoms with Crippen molar-refractivity contribution in [3.8, 4) is 0 Å². The molecule has 0 aromatic heterocycles. The Balaban J connectivity index is 2.41. The van der Waals surface area contributed by atoms with Gasteiger partial charge < -0.3 is 5.73 Å². The van der Waals surface area contributed by atoms with Crippen LogP contribution in [-0.2, 0) is 0 Å². The van der Waals surface area contributed by atoms with E-state index in [1.807, 2.05) is 0 Å². The first-order valence-electron chi connectivity index (χ1n) is 2.63. The van der Waals surface area contributed by atoms with E-state index in [1.54, 1.807) is 0 Å². The fourth-order valence-corrected chi connectivity index (χ4v) is 8.76. The largest absolute Gasteiger partial charge is 0.323 e. The van der Waals surface area contributed by atoms with Crippen molar-refractivity contribution in [2.75, 3.05) is 22.3 Å². The van der Waals surface area contributed by atoms with Crippen LogP contribution in [0.25, 0.3) is 0 Å². The van der Waals surface area contributed by atoms with Gasteiger partial charge >= 0.3 is 0 Å². The lowest BCUT2D eigenvalue weighted by atomic mass is 11.5. The van der Waals surface area contributed by atoms with Gasteiger partial charge in [-0.15, -0.1) is 0 Å². The molecular formula is C4H13NO2S2. The zero-order valence-corrected chi connectivity index (χ0v) is 7.04. The van der Waals surface area contributed by atoms with Crippen LogP contribution in [0.5, 0.6) is 0 Å². The molecule has 0 radical (unpaired) electrons. The summed E-state index contributed by atoms with van der Waals surface area (Å²) >= 11 is 0. The zero-order valence-electron chi connectivity index (χ0n) is 5.41. The molecule has 0 saturated carbocycles. The summed E-state index contributed by atoms with van der Waals surface area (Å²) < 4.78 is 18.0. The molecule has 1 aliphatic heterocycles. The van der Waals surface area contributed by atoms with Crippen molar-refractivity contribution in [1.29, 1.82) is 0 Å². The van der Waals surface area contributed by atoms with Crippen molar-refractivity contribution >= 4 is 20.6 Å². The van der Waals surface area contributed by atoms with Crippen LogP contribution in [0.1, 0.15) is 0 Å². The third-order valence-corrected chi connectivity index (χ3v) is 9.73. The molecule has 58 valence electrons. The average Bonchev–Trinajstić information content (AvgIpc) is 1.61. The van der Waals surface area contributed by atoms with Crippen molar-refractivity contribution in [3.05, 3.63) is 0 Å². The lowest BCUT2D eigenvalue weighted by molar-refractivity contribution is 0.495. The molecule has 3 nitrogen and oxygen atoms in total. The van der Waals surface area contributed by atoms with E-state index < -0.39 is 20.6 Å². The molecule has 5 heteroatoms. The number of rotatable bonds is 1. The lowest BCUT2D eigenvalue weighted by Gasteiger charge is -2.57. The van der Waals surface area contributed by atoms with Crippen LogP contribution < -0.4 is 5.73 Å². The van der Waals surface area contributed by atoms with E-state index in [1.165, 1.54) is 0 Å². The molecular weight excluding hydrogens is 158 g/mol. The molecule has 0 spiro atoms. The molecule has 1 saturated heterocycles. The van der Waals surface area contributed by atoms with E-state index in [9.17, 15) is 0 Å². The topological polar surface area (TPSA) is 66.5 Å². The van der Waals surface area contributed by atoms with Crippen LogP contribution in [0.4, 0.5) is 0 Å². The lowest BCUT2D eigenvalue weighted by Crippen LogP contribution is -2.33. The van der Waals surface area contributed by atoms with Crippen LogP contribution in [-0.4, -0.2) is 31.4 Å². The second-order valence-corrected chi connectivity index (χ2v) is 9.46. The third kappa shape index (κ3) is 1.53. The molecule has 0 aromatic rings. The summed E-state index contributed by atoms with van der Waals surface area (Å²) in [5.74, 6) is 0.642. The van der Waals surface area contributed by atoms with E-state index >= 15 is 0 Å². The highest BCUT2D eigenvalue weighted by Crippen LogP contribution is 2.72. The first kappa shape index (κ1) is 7.68. The molecule has 9 heavy (non-hydrogen) atoms. The first-order chi connectivity index (χ1) is 3.97. The standard InChI is InChI=1S/C4H13NO2S2/c1-8(2-5)3-9(6,7)4-8/h6-7H,2-5H2,1H3. The normalized spacial score (nSPS) is 36.4. The summed E-state index contributed by atoms with van der Waals surface area (Å²) in [7, 11) is -2.91. The van der Waals surface area contributed by atoms with Crippen molar-refractivity contribution in [2.45, 2.75) is 0 Å². The summed E-state index contributed by atoms with van der Waals surface area (Å²) in [6.07, 6.45) is 2.06. The molecule has 0 atom stereocenters. The molecule has 1 aliphatic rings. The van der Waals surface area contributed by atoms with Crippen LogP contribution >= 0.6 is 20.6 Å². The maximum atomic E-state index is 8.98. The Morgan fingerprint density at radius 1 is 1.44 bits per heavy atom. The van der Waals surface area contributed by atoms with Gasteiger partial charge in [-0.05, 0) is 6.26 Å². The second-order valence-electron chi connectivity index (χ2n) is 2.68. The van der Waals surface area contributed by atoms with Gasteiger partial charge in [0.2, 0.25) is 0 Å². The minimum absolute atomic E-state index is 0.580. The van der Waals surface area contributed by atoms with Crippen LogP contribution in [0.2, 0.25) is 0 Å². The minimum atomic E-state index is -2.14. The van der Waals surface area contributed by atoms with Crippen LogP contribution in [0.15, 0.2) is 0 Å². The SMILES string of the molecule is CS1(CN)CS(O)(O)C1. The molecule has 1 fully saturated rings. The summed E-state index contributed by atoms with van der Waals surface area (Å²) in [4.78, 5) is 0. The quantitative estimate of drug-likeness (QED) is 0.552.